The van der Waals surface area contributed by atoms with Crippen molar-refractivity contribution in [1.29, 1.82) is 0 Å². The molecule has 2 aliphatic rings. The zero-order valence-corrected chi connectivity index (χ0v) is 14.7. The normalized spacial score (nSPS) is 24.5. The molecule has 2 atom stereocenters. The molecule has 132 valence electrons. The fraction of sp³-hybridized carbons (Fsp3) is 0.474. The molecule has 0 bridgehead atoms. The van der Waals surface area contributed by atoms with Crippen molar-refractivity contribution in [2.24, 2.45) is 0 Å². The van der Waals surface area contributed by atoms with Crippen molar-refractivity contribution in [3.05, 3.63) is 35.3 Å². The van der Waals surface area contributed by atoms with Crippen LogP contribution in [0.25, 0.3) is 10.9 Å². The monoisotopic (exact) mass is 343 g/mol. The van der Waals surface area contributed by atoms with Crippen LogP contribution >= 0.6 is 0 Å². The van der Waals surface area contributed by atoms with Crippen LogP contribution in [0.4, 0.5) is 4.39 Å². The van der Waals surface area contributed by atoms with E-state index in [1.807, 2.05) is 20.8 Å². The second kappa shape index (κ2) is 5.31. The maximum absolute atomic E-state index is 13.7. The first-order valence-electron chi connectivity index (χ1n) is 8.80. The minimum absolute atomic E-state index is 0.00243. The van der Waals surface area contributed by atoms with Crippen LogP contribution in [0, 0.1) is 5.82 Å². The molecule has 1 aromatic heterocycles. The lowest BCUT2D eigenvalue weighted by molar-refractivity contribution is -0.168. The summed E-state index contributed by atoms with van der Waals surface area (Å²) in [5.74, 6) is -0.388. The predicted molar refractivity (Wildman–Crippen MR) is 92.5 cm³/mol. The highest BCUT2D eigenvalue weighted by Gasteiger charge is 2.54. The standard InChI is InChI=1S/C19H22FN3O2/c1-4-11(2)22-10-16(24)23-8-7-13-14-9-12(20)5-6-15(14)21-17(13)19(23,3)18(22)25/h5-6,9,11,21H,4,7-8,10H2,1-3H3. The maximum Gasteiger partial charge on any atom is 0.255 e. The Balaban J connectivity index is 1.92. The third-order valence-electron chi connectivity index (χ3n) is 5.89. The average molecular weight is 343 g/mol. The van der Waals surface area contributed by atoms with E-state index in [9.17, 15) is 14.0 Å². The molecule has 1 fully saturated rings. The van der Waals surface area contributed by atoms with Crippen molar-refractivity contribution in [2.75, 3.05) is 13.1 Å². The lowest BCUT2D eigenvalue weighted by atomic mass is 9.82. The Morgan fingerprint density at radius 1 is 1.36 bits per heavy atom. The Bertz CT molecular complexity index is 890. The number of nitrogens with zero attached hydrogens (tertiary/aromatic N) is 2. The number of benzene rings is 1. The number of carbonyl (C=O) groups is 2. The summed E-state index contributed by atoms with van der Waals surface area (Å²) in [6.45, 7) is 6.40. The van der Waals surface area contributed by atoms with E-state index in [4.69, 9.17) is 0 Å². The van der Waals surface area contributed by atoms with Gasteiger partial charge < -0.3 is 14.8 Å². The van der Waals surface area contributed by atoms with E-state index in [2.05, 4.69) is 4.98 Å². The molecule has 5 nitrogen and oxygen atoms in total. The molecule has 0 saturated carbocycles. The van der Waals surface area contributed by atoms with Gasteiger partial charge in [-0.15, -0.1) is 0 Å². The molecular formula is C19H22FN3O2. The predicted octanol–water partition coefficient (Wildman–Crippen LogP) is 2.55. The van der Waals surface area contributed by atoms with Gasteiger partial charge in [0.1, 0.15) is 12.4 Å². The Hall–Kier alpha value is -2.37. The molecule has 2 unspecified atom stereocenters. The molecule has 0 spiro atoms. The van der Waals surface area contributed by atoms with E-state index in [1.54, 1.807) is 15.9 Å². The van der Waals surface area contributed by atoms with Crippen LogP contribution < -0.4 is 0 Å². The average Bonchev–Trinajstić information content (AvgIpc) is 2.96. The summed E-state index contributed by atoms with van der Waals surface area (Å²) in [7, 11) is 0. The summed E-state index contributed by atoms with van der Waals surface area (Å²) >= 11 is 0. The van der Waals surface area contributed by atoms with E-state index in [-0.39, 0.29) is 30.2 Å². The minimum Gasteiger partial charge on any atom is -0.356 e. The molecule has 1 N–H and O–H groups in total. The van der Waals surface area contributed by atoms with E-state index >= 15 is 0 Å². The van der Waals surface area contributed by atoms with Gasteiger partial charge in [-0.3, -0.25) is 9.59 Å². The van der Waals surface area contributed by atoms with Crippen LogP contribution in [-0.2, 0) is 21.5 Å². The van der Waals surface area contributed by atoms with Crippen molar-refractivity contribution in [3.63, 3.8) is 0 Å². The molecule has 0 radical (unpaired) electrons. The fourth-order valence-corrected chi connectivity index (χ4v) is 4.23. The molecule has 0 aliphatic carbocycles. The molecule has 1 saturated heterocycles. The van der Waals surface area contributed by atoms with Gasteiger partial charge in [-0.2, -0.15) is 0 Å². The number of hydrogen-bond donors (Lipinski definition) is 1. The van der Waals surface area contributed by atoms with Gasteiger partial charge in [-0.25, -0.2) is 4.39 Å². The molecule has 6 heteroatoms. The molecule has 4 rings (SSSR count). The van der Waals surface area contributed by atoms with E-state index in [0.717, 1.165) is 28.6 Å². The van der Waals surface area contributed by atoms with Gasteiger partial charge >= 0.3 is 0 Å². The zero-order chi connectivity index (χ0) is 17.9. The van der Waals surface area contributed by atoms with Crippen LogP contribution in [0.5, 0.6) is 0 Å². The van der Waals surface area contributed by atoms with Gasteiger partial charge in [0.15, 0.2) is 5.54 Å². The first kappa shape index (κ1) is 16.1. The fourth-order valence-electron chi connectivity index (χ4n) is 4.23. The summed E-state index contributed by atoms with van der Waals surface area (Å²) in [4.78, 5) is 32.8. The van der Waals surface area contributed by atoms with Crippen LogP contribution in [0.1, 0.15) is 38.4 Å². The topological polar surface area (TPSA) is 56.4 Å². The highest BCUT2D eigenvalue weighted by molar-refractivity contribution is 6.00. The summed E-state index contributed by atoms with van der Waals surface area (Å²) in [6, 6.07) is 4.61. The van der Waals surface area contributed by atoms with Gasteiger partial charge in [0, 0.05) is 23.5 Å². The zero-order valence-electron chi connectivity index (χ0n) is 14.7. The molecule has 3 heterocycles. The Kier molecular flexibility index (Phi) is 3.42. The van der Waals surface area contributed by atoms with Gasteiger partial charge in [-0.1, -0.05) is 6.92 Å². The molecule has 1 aromatic carbocycles. The summed E-state index contributed by atoms with van der Waals surface area (Å²) in [5.41, 5.74) is 1.42. The summed E-state index contributed by atoms with van der Waals surface area (Å²) in [6.07, 6.45) is 1.41. The van der Waals surface area contributed by atoms with Crippen LogP contribution in [0.15, 0.2) is 18.2 Å². The lowest BCUT2D eigenvalue weighted by Crippen LogP contribution is -2.68. The van der Waals surface area contributed by atoms with Crippen LogP contribution in [0.3, 0.4) is 0 Å². The maximum atomic E-state index is 13.7. The number of amides is 2. The van der Waals surface area contributed by atoms with Crippen molar-refractivity contribution in [1.82, 2.24) is 14.8 Å². The Morgan fingerprint density at radius 3 is 2.84 bits per heavy atom. The Labute approximate surface area is 145 Å². The Morgan fingerprint density at radius 2 is 2.12 bits per heavy atom. The number of aromatic amines is 1. The number of piperazine rings is 1. The number of nitrogens with one attached hydrogen (secondary N) is 1. The molecule has 2 aromatic rings. The van der Waals surface area contributed by atoms with Gasteiger partial charge in [0.25, 0.3) is 5.91 Å². The molecule has 2 amide bonds. The molecular weight excluding hydrogens is 321 g/mol. The number of hydrogen-bond acceptors (Lipinski definition) is 2. The highest BCUT2D eigenvalue weighted by Crippen LogP contribution is 2.42. The van der Waals surface area contributed by atoms with Gasteiger partial charge in [0.2, 0.25) is 5.91 Å². The second-order valence-electron chi connectivity index (χ2n) is 7.23. The van der Waals surface area contributed by atoms with Crippen LogP contribution in [0.2, 0.25) is 0 Å². The quantitative estimate of drug-likeness (QED) is 0.911. The van der Waals surface area contributed by atoms with E-state index < -0.39 is 5.54 Å². The van der Waals surface area contributed by atoms with Crippen molar-refractivity contribution >= 4 is 22.7 Å². The largest absolute Gasteiger partial charge is 0.356 e. The number of carbonyl (C=O) groups excluding carboxylic acids is 2. The van der Waals surface area contributed by atoms with E-state index in [0.29, 0.717) is 13.0 Å². The SMILES string of the molecule is CCC(C)N1CC(=O)N2CCc3c([nH]c4ccc(F)cc34)C2(C)C1=O. The number of fused-ring (bicyclic) bond motifs is 5. The smallest absolute Gasteiger partial charge is 0.255 e. The first-order chi connectivity index (χ1) is 11.9. The van der Waals surface area contributed by atoms with Gasteiger partial charge in [-0.05, 0) is 50.5 Å². The third-order valence-corrected chi connectivity index (χ3v) is 5.89. The summed E-state index contributed by atoms with van der Waals surface area (Å²) in [5, 5.41) is 0.803. The first-order valence-corrected chi connectivity index (χ1v) is 8.80. The van der Waals surface area contributed by atoms with Crippen molar-refractivity contribution in [3.8, 4) is 0 Å². The second-order valence-corrected chi connectivity index (χ2v) is 7.23. The third kappa shape index (κ3) is 2.06. The number of H-pyrrole nitrogens is 1. The van der Waals surface area contributed by atoms with Gasteiger partial charge in [0.05, 0.1) is 5.69 Å². The number of aromatic nitrogens is 1. The molecule has 25 heavy (non-hydrogen) atoms. The minimum atomic E-state index is -1.05. The number of halogens is 1. The van der Waals surface area contributed by atoms with Crippen molar-refractivity contribution < 1.29 is 14.0 Å². The van der Waals surface area contributed by atoms with E-state index in [1.165, 1.54) is 12.1 Å². The molecule has 2 aliphatic heterocycles. The number of rotatable bonds is 2. The van der Waals surface area contributed by atoms with Crippen LogP contribution in [-0.4, -0.2) is 45.7 Å². The summed E-state index contributed by atoms with van der Waals surface area (Å²) < 4.78 is 13.7. The lowest BCUT2D eigenvalue weighted by Gasteiger charge is -2.50. The van der Waals surface area contributed by atoms with Crippen molar-refractivity contribution in [2.45, 2.75) is 45.2 Å². The highest BCUT2D eigenvalue weighted by atomic mass is 19.1.